The van der Waals surface area contributed by atoms with Crippen molar-refractivity contribution in [2.45, 2.75) is 51.0 Å². The van der Waals surface area contributed by atoms with Gasteiger partial charge in [-0.15, -0.1) is 0 Å². The second-order valence-electron chi connectivity index (χ2n) is 3.68. The van der Waals surface area contributed by atoms with E-state index in [1.807, 2.05) is 0 Å². The Morgan fingerprint density at radius 2 is 1.21 bits per heavy atom. The summed E-state index contributed by atoms with van der Waals surface area (Å²) in [6, 6.07) is 17.1. The molecule has 110 valence electrons. The van der Waals surface area contributed by atoms with E-state index >= 15 is 0 Å². The van der Waals surface area contributed by atoms with E-state index in [4.69, 9.17) is 0 Å². The van der Waals surface area contributed by atoms with Gasteiger partial charge in [-0.3, -0.25) is 0 Å². The molecule has 0 saturated carbocycles. The van der Waals surface area contributed by atoms with Crippen LogP contribution in [0, 0.1) is 13.8 Å². The summed E-state index contributed by atoms with van der Waals surface area (Å²) in [5.74, 6) is 0. The van der Waals surface area contributed by atoms with Gasteiger partial charge in [-0.2, -0.15) is 0 Å². The lowest BCUT2D eigenvalue weighted by molar-refractivity contribution is 1.43. The SMILES string of the molecule is C.C.C.C.C.Cc1cccc(-c2ccccc2C)c1. The fraction of sp³-hybridized carbons (Fsp3) is 0.368. The highest BCUT2D eigenvalue weighted by atomic mass is 14.0. The molecule has 2 rings (SSSR count). The van der Waals surface area contributed by atoms with Gasteiger partial charge in [0, 0.05) is 0 Å². The largest absolute Gasteiger partial charge is 0.0776 e. The molecule has 0 heterocycles. The quantitative estimate of drug-likeness (QED) is 0.512. The van der Waals surface area contributed by atoms with E-state index in [2.05, 4.69) is 62.4 Å². The van der Waals surface area contributed by atoms with Gasteiger partial charge < -0.3 is 0 Å². The van der Waals surface area contributed by atoms with Crippen LogP contribution < -0.4 is 0 Å². The molecule has 0 fully saturated rings. The third kappa shape index (κ3) is 6.24. The van der Waals surface area contributed by atoms with Crippen LogP contribution >= 0.6 is 0 Å². The zero-order valence-corrected chi connectivity index (χ0v) is 8.62. The highest BCUT2D eigenvalue weighted by Gasteiger charge is 1.99. The Labute approximate surface area is 122 Å². The van der Waals surface area contributed by atoms with Crippen molar-refractivity contribution >= 4 is 0 Å². The van der Waals surface area contributed by atoms with Crippen molar-refractivity contribution in [2.24, 2.45) is 0 Å². The molecule has 2 aromatic carbocycles. The van der Waals surface area contributed by atoms with E-state index in [0.717, 1.165) is 0 Å². The zero-order chi connectivity index (χ0) is 9.97. The van der Waals surface area contributed by atoms with Gasteiger partial charge in [0.1, 0.15) is 0 Å². The molecule has 0 spiro atoms. The summed E-state index contributed by atoms with van der Waals surface area (Å²) in [6.07, 6.45) is 0. The van der Waals surface area contributed by atoms with Gasteiger partial charge in [0.15, 0.2) is 0 Å². The summed E-state index contributed by atoms with van der Waals surface area (Å²) in [7, 11) is 0. The molecule has 0 heteroatoms. The predicted octanol–water partition coefficient (Wildman–Crippen LogP) is 7.15. The normalized spacial score (nSPS) is 7.47. The van der Waals surface area contributed by atoms with Crippen LogP contribution in [0.2, 0.25) is 0 Å². The summed E-state index contributed by atoms with van der Waals surface area (Å²) in [5.41, 5.74) is 5.28. The summed E-state index contributed by atoms with van der Waals surface area (Å²) in [6.45, 7) is 4.28. The first-order valence-electron chi connectivity index (χ1n) is 4.90. The molecule has 0 aliphatic rings. The topological polar surface area (TPSA) is 0 Å². The minimum atomic E-state index is 0. The maximum absolute atomic E-state index is 2.22. The van der Waals surface area contributed by atoms with Crippen LogP contribution in [-0.4, -0.2) is 0 Å². The van der Waals surface area contributed by atoms with E-state index in [-0.39, 0.29) is 37.1 Å². The van der Waals surface area contributed by atoms with E-state index in [0.29, 0.717) is 0 Å². The summed E-state index contributed by atoms with van der Waals surface area (Å²) < 4.78 is 0. The monoisotopic (exact) mass is 262 g/mol. The number of rotatable bonds is 1. The van der Waals surface area contributed by atoms with Crippen molar-refractivity contribution in [3.63, 3.8) is 0 Å². The van der Waals surface area contributed by atoms with Crippen molar-refractivity contribution in [1.29, 1.82) is 0 Å². The molecule has 0 bridgehead atoms. The number of aryl methyl sites for hydroxylation is 2. The van der Waals surface area contributed by atoms with Crippen molar-refractivity contribution in [2.75, 3.05) is 0 Å². The Morgan fingerprint density at radius 3 is 1.74 bits per heavy atom. The maximum Gasteiger partial charge on any atom is -0.0155 e. The van der Waals surface area contributed by atoms with Gasteiger partial charge >= 0.3 is 0 Å². The lowest BCUT2D eigenvalue weighted by Crippen LogP contribution is -1.82. The Morgan fingerprint density at radius 1 is 0.632 bits per heavy atom. The van der Waals surface area contributed by atoms with E-state index in [1.54, 1.807) is 0 Å². The van der Waals surface area contributed by atoms with Crippen molar-refractivity contribution in [3.8, 4) is 11.1 Å². The van der Waals surface area contributed by atoms with Gasteiger partial charge in [0.2, 0.25) is 0 Å². The van der Waals surface area contributed by atoms with Crippen LogP contribution in [0.4, 0.5) is 0 Å². The van der Waals surface area contributed by atoms with Crippen LogP contribution in [0.15, 0.2) is 48.5 Å². The van der Waals surface area contributed by atoms with E-state index in [1.165, 1.54) is 22.3 Å². The second kappa shape index (κ2) is 11.5. The lowest BCUT2D eigenvalue weighted by atomic mass is 9.99. The minimum absolute atomic E-state index is 0. The molecular formula is C19H34. The molecule has 0 saturated heterocycles. The molecule has 0 aliphatic carbocycles. The van der Waals surface area contributed by atoms with Gasteiger partial charge in [-0.1, -0.05) is 91.2 Å². The molecule has 0 aliphatic heterocycles. The standard InChI is InChI=1S/C14H14.5CH4/c1-11-6-5-8-13(10-11)14-9-4-3-7-12(14)2;;;;;/h3-10H,1-2H3;5*1H4. The molecular weight excluding hydrogens is 228 g/mol. The van der Waals surface area contributed by atoms with Crippen LogP contribution in [-0.2, 0) is 0 Å². The highest BCUT2D eigenvalue weighted by Crippen LogP contribution is 2.23. The number of hydrogen-bond donors (Lipinski definition) is 0. The van der Waals surface area contributed by atoms with Crippen LogP contribution in [0.5, 0.6) is 0 Å². The molecule has 0 N–H and O–H groups in total. The maximum atomic E-state index is 2.22. The number of hydrogen-bond acceptors (Lipinski definition) is 0. The van der Waals surface area contributed by atoms with E-state index in [9.17, 15) is 0 Å². The third-order valence-corrected chi connectivity index (χ3v) is 2.47. The summed E-state index contributed by atoms with van der Waals surface area (Å²) in [5, 5.41) is 0. The number of benzene rings is 2. The zero-order valence-electron chi connectivity index (χ0n) is 8.62. The van der Waals surface area contributed by atoms with Gasteiger partial charge in [-0.25, -0.2) is 0 Å². The van der Waals surface area contributed by atoms with Crippen molar-refractivity contribution in [3.05, 3.63) is 59.7 Å². The fourth-order valence-electron chi connectivity index (χ4n) is 1.71. The Balaban J connectivity index is -0.000000225. The van der Waals surface area contributed by atoms with Crippen molar-refractivity contribution < 1.29 is 0 Å². The van der Waals surface area contributed by atoms with Crippen LogP contribution in [0.1, 0.15) is 48.3 Å². The Hall–Kier alpha value is -1.56. The van der Waals surface area contributed by atoms with Crippen LogP contribution in [0.25, 0.3) is 11.1 Å². The molecule has 2 aromatic rings. The molecule has 0 aromatic heterocycles. The third-order valence-electron chi connectivity index (χ3n) is 2.47. The van der Waals surface area contributed by atoms with Gasteiger partial charge in [-0.05, 0) is 30.5 Å². The lowest BCUT2D eigenvalue weighted by Gasteiger charge is -2.05. The van der Waals surface area contributed by atoms with Crippen molar-refractivity contribution in [1.82, 2.24) is 0 Å². The van der Waals surface area contributed by atoms with E-state index < -0.39 is 0 Å². The average Bonchev–Trinajstić information content (AvgIpc) is 2.18. The fourth-order valence-corrected chi connectivity index (χ4v) is 1.71. The Bertz CT molecular complexity index is 441. The van der Waals surface area contributed by atoms with Crippen LogP contribution in [0.3, 0.4) is 0 Å². The minimum Gasteiger partial charge on any atom is -0.0776 e. The molecule has 0 nitrogen and oxygen atoms in total. The first-order chi connectivity index (χ1) is 6.77. The second-order valence-corrected chi connectivity index (χ2v) is 3.68. The smallest absolute Gasteiger partial charge is 0.0155 e. The average molecular weight is 262 g/mol. The molecule has 0 unspecified atom stereocenters. The van der Waals surface area contributed by atoms with Gasteiger partial charge in [0.25, 0.3) is 0 Å². The predicted molar refractivity (Wildman–Crippen MR) is 95.0 cm³/mol. The molecule has 0 amide bonds. The Kier molecular flexibility index (Phi) is 15.8. The molecule has 0 radical (unpaired) electrons. The summed E-state index contributed by atoms with van der Waals surface area (Å²) in [4.78, 5) is 0. The highest BCUT2D eigenvalue weighted by molar-refractivity contribution is 5.67. The molecule has 19 heavy (non-hydrogen) atoms. The first-order valence-corrected chi connectivity index (χ1v) is 4.90. The molecule has 0 atom stereocenters. The van der Waals surface area contributed by atoms with Gasteiger partial charge in [0.05, 0.1) is 0 Å². The first kappa shape index (κ1) is 26.1. The summed E-state index contributed by atoms with van der Waals surface area (Å²) >= 11 is 0.